The molecule has 1 aliphatic carbocycles. The number of hydrogen-bond acceptors (Lipinski definition) is 1. The molecule has 0 saturated carbocycles. The van der Waals surface area contributed by atoms with Crippen molar-refractivity contribution in [2.24, 2.45) is 0 Å². The number of pyridine rings is 1. The zero-order valence-corrected chi connectivity index (χ0v) is 27.2. The minimum atomic E-state index is -0.0467. The van der Waals surface area contributed by atoms with Crippen LogP contribution in [0.2, 0.25) is 0 Å². The van der Waals surface area contributed by atoms with E-state index in [4.69, 9.17) is 0 Å². The molecule has 3 heterocycles. The van der Waals surface area contributed by atoms with E-state index in [0.717, 1.165) is 54.8 Å². The maximum Gasteiger partial charge on any atom is 0.263 e. The predicted octanol–water partition coefficient (Wildman–Crippen LogP) is 11.3. The van der Waals surface area contributed by atoms with Crippen molar-refractivity contribution >= 4 is 59.8 Å². The minimum Gasteiger partial charge on any atom is -0.309 e. The van der Waals surface area contributed by atoms with E-state index in [0.29, 0.717) is 0 Å². The van der Waals surface area contributed by atoms with Crippen LogP contribution in [0.25, 0.3) is 87.7 Å². The summed E-state index contributed by atoms with van der Waals surface area (Å²) < 4.78 is 4.33. The lowest BCUT2D eigenvalue weighted by molar-refractivity contribution is 0.661. The number of fused-ring (bicyclic) bond motifs is 11. The van der Waals surface area contributed by atoms with Crippen LogP contribution in [0.3, 0.4) is 0 Å². The highest BCUT2D eigenvalue weighted by Crippen LogP contribution is 2.51. The molecule has 0 saturated heterocycles. The van der Waals surface area contributed by atoms with Crippen molar-refractivity contribution in [3.63, 3.8) is 0 Å². The van der Waals surface area contributed by atoms with Gasteiger partial charge in [-0.1, -0.05) is 111 Å². The van der Waals surface area contributed by atoms with Gasteiger partial charge in [0, 0.05) is 43.4 Å². The van der Waals surface area contributed by atoms with Gasteiger partial charge in [0.15, 0.2) is 0 Å². The highest BCUT2D eigenvalue weighted by atomic mass is 16.1. The zero-order valence-electron chi connectivity index (χ0n) is 27.2. The number of rotatable bonds is 2. The molecule has 0 bridgehead atoms. The fourth-order valence-corrected chi connectivity index (χ4v) is 8.95. The van der Waals surface area contributed by atoms with Gasteiger partial charge < -0.3 is 4.57 Å². The van der Waals surface area contributed by atoms with Crippen LogP contribution in [0.5, 0.6) is 0 Å². The van der Waals surface area contributed by atoms with Crippen LogP contribution in [-0.4, -0.2) is 8.97 Å². The molecular formula is C46H30N2O. The van der Waals surface area contributed by atoms with Crippen molar-refractivity contribution in [2.75, 3.05) is 0 Å². The summed E-state index contributed by atoms with van der Waals surface area (Å²) in [6.07, 6.45) is 0. The van der Waals surface area contributed by atoms with Gasteiger partial charge in [-0.05, 0) is 87.3 Å². The number of para-hydroxylation sites is 2. The largest absolute Gasteiger partial charge is 0.309 e. The molecule has 0 spiro atoms. The van der Waals surface area contributed by atoms with Crippen LogP contribution >= 0.6 is 0 Å². The molecule has 0 amide bonds. The number of benzene rings is 7. The van der Waals surface area contributed by atoms with E-state index in [-0.39, 0.29) is 11.0 Å². The van der Waals surface area contributed by atoms with Crippen molar-refractivity contribution in [1.29, 1.82) is 0 Å². The maximum atomic E-state index is 13.8. The average molecular weight is 627 g/mol. The lowest BCUT2D eigenvalue weighted by Crippen LogP contribution is -2.14. The summed E-state index contributed by atoms with van der Waals surface area (Å²) in [5.41, 5.74) is 13.2. The Morgan fingerprint density at radius 3 is 1.94 bits per heavy atom. The van der Waals surface area contributed by atoms with Crippen LogP contribution in [0.1, 0.15) is 25.0 Å². The van der Waals surface area contributed by atoms with Gasteiger partial charge in [0.1, 0.15) is 0 Å². The van der Waals surface area contributed by atoms with E-state index in [1.165, 1.54) is 44.1 Å². The first-order valence-electron chi connectivity index (χ1n) is 17.0. The first-order chi connectivity index (χ1) is 24.0. The lowest BCUT2D eigenvalue weighted by Gasteiger charge is -2.21. The minimum absolute atomic E-state index is 0.0373. The van der Waals surface area contributed by atoms with Crippen molar-refractivity contribution in [3.05, 3.63) is 167 Å². The highest BCUT2D eigenvalue weighted by molar-refractivity contribution is 6.20. The summed E-state index contributed by atoms with van der Waals surface area (Å²) in [5, 5.41) is 7.63. The Morgan fingerprint density at radius 2 is 1.10 bits per heavy atom. The Kier molecular flexibility index (Phi) is 5.06. The monoisotopic (exact) mass is 626 g/mol. The first kappa shape index (κ1) is 26.8. The molecule has 10 aromatic rings. The quantitative estimate of drug-likeness (QED) is 0.175. The van der Waals surface area contributed by atoms with Crippen LogP contribution < -0.4 is 5.56 Å². The molecule has 3 nitrogen and oxygen atoms in total. The van der Waals surface area contributed by atoms with E-state index >= 15 is 0 Å². The Hall–Kier alpha value is -6.19. The highest BCUT2D eigenvalue weighted by Gasteiger charge is 2.36. The molecule has 1 aliphatic rings. The molecule has 230 valence electrons. The van der Waals surface area contributed by atoms with E-state index in [2.05, 4.69) is 146 Å². The predicted molar refractivity (Wildman–Crippen MR) is 205 cm³/mol. The van der Waals surface area contributed by atoms with Crippen LogP contribution in [0, 0.1) is 0 Å². The molecule has 0 atom stereocenters. The topological polar surface area (TPSA) is 26.4 Å². The molecule has 0 unspecified atom stereocenters. The van der Waals surface area contributed by atoms with Gasteiger partial charge in [0.25, 0.3) is 5.56 Å². The summed E-state index contributed by atoms with van der Waals surface area (Å²) in [6.45, 7) is 4.69. The molecule has 0 fully saturated rings. The number of hydrogen-bond donors (Lipinski definition) is 0. The molecule has 0 radical (unpaired) electrons. The van der Waals surface area contributed by atoms with Gasteiger partial charge in [-0.3, -0.25) is 9.20 Å². The third-order valence-corrected chi connectivity index (χ3v) is 11.3. The van der Waals surface area contributed by atoms with Crippen LogP contribution in [0.15, 0.2) is 150 Å². The van der Waals surface area contributed by atoms with E-state index in [1.807, 2.05) is 22.6 Å². The van der Waals surface area contributed by atoms with Crippen LogP contribution in [0.4, 0.5) is 0 Å². The summed E-state index contributed by atoms with van der Waals surface area (Å²) in [5.74, 6) is 0. The van der Waals surface area contributed by atoms with Gasteiger partial charge in [-0.2, -0.15) is 0 Å². The second-order valence-corrected chi connectivity index (χ2v) is 14.1. The summed E-state index contributed by atoms with van der Waals surface area (Å²) in [7, 11) is 0. The smallest absolute Gasteiger partial charge is 0.263 e. The third-order valence-electron chi connectivity index (χ3n) is 11.3. The third kappa shape index (κ3) is 3.39. The number of nitrogens with zero attached hydrogens (tertiary/aromatic N) is 2. The van der Waals surface area contributed by atoms with Crippen molar-refractivity contribution in [1.82, 2.24) is 8.97 Å². The standard InChI is InChI=1S/C46H30N2O/c1-46(2)39-16-7-5-11-31(39)36-26-43-38(25-40(36)46)32-12-6-8-17-41(32)47(43)29-21-18-27(19-22-29)28-20-23-42-37(24-28)34-15-9-14-33-30-10-3-4-13-35(30)45(49)48(42)44(33)34/h3-26H,1-2H3. The Morgan fingerprint density at radius 1 is 0.449 bits per heavy atom. The maximum absolute atomic E-state index is 13.8. The SMILES string of the molecule is CC1(C)c2ccccc2-c2cc3c(cc21)c1ccccc1n3-c1ccc(-c2ccc3c(c2)c2cccc4c5ccccc5c(=O)n3c42)cc1. The number of aromatic nitrogens is 2. The zero-order chi connectivity index (χ0) is 32.6. The molecular weight excluding hydrogens is 597 g/mol. The average Bonchev–Trinajstić information content (AvgIpc) is 3.73. The van der Waals surface area contributed by atoms with Crippen molar-refractivity contribution in [2.45, 2.75) is 19.3 Å². The van der Waals surface area contributed by atoms with Crippen LogP contribution in [-0.2, 0) is 5.41 Å². The van der Waals surface area contributed by atoms with Gasteiger partial charge in [0.05, 0.1) is 22.1 Å². The van der Waals surface area contributed by atoms with E-state index in [1.54, 1.807) is 0 Å². The summed E-state index contributed by atoms with van der Waals surface area (Å²) in [6, 6.07) is 52.3. The lowest BCUT2D eigenvalue weighted by atomic mass is 9.82. The normalized spacial score (nSPS) is 13.8. The summed E-state index contributed by atoms with van der Waals surface area (Å²) >= 11 is 0. The summed E-state index contributed by atoms with van der Waals surface area (Å²) in [4.78, 5) is 13.8. The van der Waals surface area contributed by atoms with Gasteiger partial charge in [0.2, 0.25) is 0 Å². The fraction of sp³-hybridized carbons (Fsp3) is 0.0652. The van der Waals surface area contributed by atoms with Crippen molar-refractivity contribution in [3.8, 4) is 27.9 Å². The van der Waals surface area contributed by atoms with E-state index in [9.17, 15) is 4.79 Å². The van der Waals surface area contributed by atoms with E-state index < -0.39 is 0 Å². The van der Waals surface area contributed by atoms with Gasteiger partial charge in [-0.25, -0.2) is 0 Å². The molecule has 0 aliphatic heterocycles. The van der Waals surface area contributed by atoms with Gasteiger partial charge >= 0.3 is 0 Å². The molecule has 3 heteroatoms. The molecule has 11 rings (SSSR count). The molecule has 7 aromatic carbocycles. The Balaban J connectivity index is 1.09. The second-order valence-electron chi connectivity index (χ2n) is 14.1. The first-order valence-corrected chi connectivity index (χ1v) is 17.0. The molecule has 49 heavy (non-hydrogen) atoms. The Labute approximate surface area is 282 Å². The van der Waals surface area contributed by atoms with Gasteiger partial charge in [-0.15, -0.1) is 0 Å². The fourth-order valence-electron chi connectivity index (χ4n) is 8.95. The Bertz CT molecular complexity index is 3080. The molecule has 0 N–H and O–H groups in total. The second kappa shape index (κ2) is 9.24. The molecule has 3 aromatic heterocycles. The van der Waals surface area contributed by atoms with Crippen molar-refractivity contribution < 1.29 is 0 Å².